The van der Waals surface area contributed by atoms with E-state index in [0.717, 1.165) is 51.0 Å². The van der Waals surface area contributed by atoms with E-state index in [4.69, 9.17) is 75.5 Å². The van der Waals surface area contributed by atoms with Gasteiger partial charge in [-0.1, -0.05) is 29.4 Å². The number of rotatable bonds is 32. The van der Waals surface area contributed by atoms with Crippen molar-refractivity contribution in [3.8, 4) is 40.2 Å². The fourth-order valence-corrected chi connectivity index (χ4v) is 11.7. The van der Waals surface area contributed by atoms with Crippen molar-refractivity contribution >= 4 is 75.8 Å². The molecule has 1 N–H and O–H groups in total. The summed E-state index contributed by atoms with van der Waals surface area (Å²) in [6, 6.07) is 13.0. The molecule has 9 rings (SSSR count). The van der Waals surface area contributed by atoms with E-state index in [9.17, 15) is 42.0 Å². The normalized spacial score (nSPS) is 19.8. The van der Waals surface area contributed by atoms with Crippen molar-refractivity contribution in [3.05, 3.63) is 123 Å². The maximum Gasteiger partial charge on any atom is 0.501 e. The Balaban J connectivity index is 1.03. The molecule has 0 saturated carbocycles. The van der Waals surface area contributed by atoms with Crippen LogP contribution in [0.25, 0.3) is 10.4 Å². The highest BCUT2D eigenvalue weighted by atomic mass is 32.3. The average molecular weight is 1380 g/mol. The number of amides is 3. The fraction of sp³-hybridized carbons (Fsp3) is 0.431. The number of methoxy groups -OCH3 is 2. The lowest BCUT2D eigenvalue weighted by Gasteiger charge is -2.43. The van der Waals surface area contributed by atoms with Crippen LogP contribution < -0.4 is 37.4 Å². The Morgan fingerprint density at radius 2 is 1.17 bits per heavy atom. The third-order valence-corrected chi connectivity index (χ3v) is 16.0. The summed E-state index contributed by atoms with van der Waals surface area (Å²) in [6.07, 6.45) is -4.13. The Kier molecular flexibility index (Phi) is 24.3. The molecule has 3 fully saturated rings. The summed E-state index contributed by atoms with van der Waals surface area (Å²) in [5.41, 5.74) is 11.6. The van der Waals surface area contributed by atoms with Crippen molar-refractivity contribution in [2.24, 2.45) is 15.1 Å². The van der Waals surface area contributed by atoms with Crippen LogP contribution in [-0.4, -0.2) is 202 Å². The van der Waals surface area contributed by atoms with Gasteiger partial charge < -0.3 is 85.1 Å². The number of fused-ring (bicyclic) bond motifs is 4. The van der Waals surface area contributed by atoms with E-state index >= 15 is 0 Å². The van der Waals surface area contributed by atoms with E-state index in [1.807, 2.05) is 0 Å². The topological polar surface area (TPSA) is 384 Å². The van der Waals surface area contributed by atoms with Crippen LogP contribution >= 0.6 is 0 Å². The van der Waals surface area contributed by atoms with Crippen molar-refractivity contribution in [3.63, 3.8) is 0 Å². The third-order valence-electron chi connectivity index (χ3n) is 15.2. The van der Waals surface area contributed by atoms with Crippen LogP contribution in [0.5, 0.6) is 40.2 Å². The van der Waals surface area contributed by atoms with E-state index < -0.39 is 89.0 Å². The molecule has 0 spiro atoms. The predicted octanol–water partition coefficient (Wildman–Crippen LogP) is 6.09. The van der Waals surface area contributed by atoms with E-state index in [0.29, 0.717) is 37.3 Å². The number of nitrogens with zero attached hydrogens (tertiary/aromatic N) is 7. The standard InChI is InChI=1S/C65H72N8O24S/c1-36-19-45-29-68-50-27-55(53(83-7)25-48(50)63(79)72(45)31-36)89-33-42-21-43(34-90-56-28-51-49(26-54(56)84-8)64(80)73-32-37(2)20-46(73)30-69-51)23-47(22-42)96-98(81,82)97-57-24-44(62(78)67-11-13-85-15-17-87-18-16-86-14-12-70-71-66)9-10-52(57)94-65-61(93-41(6)77)60(92-40(5)76)59(91-39(4)75)58(95-65)35-88-38(3)74/h9-10,21-30,45-46,58-61,65H,1-2,11-20,31-35H2,3-8H3,(H,67,78)/t45-,46-,58+,59-,60-,61+,65+/m0/s1. The van der Waals surface area contributed by atoms with Crippen LogP contribution in [0.4, 0.5) is 11.4 Å². The molecule has 5 heterocycles. The summed E-state index contributed by atoms with van der Waals surface area (Å²) in [6.45, 7) is 12.8. The highest BCUT2D eigenvalue weighted by Gasteiger charge is 2.54. The van der Waals surface area contributed by atoms with Crippen LogP contribution in [0.1, 0.15) is 82.7 Å². The van der Waals surface area contributed by atoms with E-state index in [2.05, 4.69) is 38.5 Å². The summed E-state index contributed by atoms with van der Waals surface area (Å²) in [7, 11) is -2.62. The second-order valence-electron chi connectivity index (χ2n) is 22.5. The summed E-state index contributed by atoms with van der Waals surface area (Å²) >= 11 is 0. The van der Waals surface area contributed by atoms with Crippen LogP contribution in [0.3, 0.4) is 0 Å². The molecule has 4 aromatic rings. The van der Waals surface area contributed by atoms with Crippen molar-refractivity contribution in [1.82, 2.24) is 15.1 Å². The van der Waals surface area contributed by atoms with Gasteiger partial charge in [0.05, 0.1) is 88.4 Å². The lowest BCUT2D eigenvalue weighted by atomic mass is 9.98. The summed E-state index contributed by atoms with van der Waals surface area (Å²) in [5.74, 6) is -5.99. The van der Waals surface area contributed by atoms with Crippen molar-refractivity contribution in [1.29, 1.82) is 0 Å². The second-order valence-corrected chi connectivity index (χ2v) is 23.7. The summed E-state index contributed by atoms with van der Waals surface area (Å²) in [5, 5.41) is 6.04. The van der Waals surface area contributed by atoms with Gasteiger partial charge in [0.15, 0.2) is 46.7 Å². The number of hydrogen-bond donors (Lipinski definition) is 1. The maximum absolute atomic E-state index is 14.6. The lowest BCUT2D eigenvalue weighted by Crippen LogP contribution is -2.63. The molecule has 0 bridgehead atoms. The Labute approximate surface area is 562 Å². The number of nitrogens with one attached hydrogen (secondary N) is 1. The molecule has 3 amide bonds. The fourth-order valence-electron chi connectivity index (χ4n) is 11.0. The van der Waals surface area contributed by atoms with Gasteiger partial charge in [-0.2, -0.15) is 0 Å². The quantitative estimate of drug-likeness (QED) is 0.0110. The van der Waals surface area contributed by atoms with E-state index in [1.54, 1.807) is 40.4 Å². The highest BCUT2D eigenvalue weighted by Crippen LogP contribution is 2.42. The van der Waals surface area contributed by atoms with Gasteiger partial charge in [0, 0.05) is 88.9 Å². The zero-order chi connectivity index (χ0) is 70.2. The molecule has 0 radical (unpaired) electrons. The van der Waals surface area contributed by atoms with Crippen molar-refractivity contribution in [2.75, 3.05) is 86.6 Å². The van der Waals surface area contributed by atoms with Crippen LogP contribution in [-0.2, 0) is 80.7 Å². The molecule has 33 heteroatoms. The molecule has 0 aliphatic carbocycles. The van der Waals surface area contributed by atoms with Gasteiger partial charge in [-0.05, 0) is 78.0 Å². The molecular formula is C65H72N8O24S. The number of carbonyl (C=O) groups is 7. The van der Waals surface area contributed by atoms with Crippen molar-refractivity contribution < 1.29 is 112 Å². The van der Waals surface area contributed by atoms with Gasteiger partial charge in [-0.25, -0.2) is 0 Å². The maximum atomic E-state index is 14.6. The molecular weight excluding hydrogens is 1310 g/mol. The summed E-state index contributed by atoms with van der Waals surface area (Å²) < 4.78 is 115. The zero-order valence-electron chi connectivity index (χ0n) is 54.3. The minimum atomic E-state index is -5.41. The zero-order valence-corrected chi connectivity index (χ0v) is 55.1. The monoisotopic (exact) mass is 1380 g/mol. The average Bonchev–Trinajstić information content (AvgIpc) is 1.23. The first-order valence-electron chi connectivity index (χ1n) is 30.6. The lowest BCUT2D eigenvalue weighted by molar-refractivity contribution is -0.288. The first kappa shape index (κ1) is 72.0. The van der Waals surface area contributed by atoms with Gasteiger partial charge in [0.25, 0.3) is 17.7 Å². The van der Waals surface area contributed by atoms with Gasteiger partial charge in [-0.15, -0.1) is 8.42 Å². The molecule has 4 aromatic carbocycles. The molecule has 5 aliphatic rings. The molecule has 98 heavy (non-hydrogen) atoms. The highest BCUT2D eigenvalue weighted by molar-refractivity contribution is 7.82. The van der Waals surface area contributed by atoms with E-state index in [1.165, 1.54) is 44.6 Å². The first-order valence-corrected chi connectivity index (χ1v) is 32.0. The second kappa shape index (κ2) is 33.1. The molecule has 5 aliphatic heterocycles. The number of benzene rings is 4. The van der Waals surface area contributed by atoms with Crippen molar-refractivity contribution in [2.45, 2.75) is 96.5 Å². The minimum absolute atomic E-state index is 0.00397. The number of azide groups is 1. The van der Waals surface area contributed by atoms with Crippen LogP contribution in [0, 0.1) is 0 Å². The SMILES string of the molecule is C=C1C[C@H]2C=Nc3cc(OCc4cc(COc5cc6c(cc5OC)C(=O)N5CC(=C)C[C@H]5C=N6)cc(OS(=O)(=O)Oc5cc(C(=O)NCCOCCOCCOCCN=[N+]=[N-])ccc5O[C@@H]5O[C@H](COC(C)=O)[C@H](OC(C)=O)[C@H](OC(C)=O)[C@H]5OC(C)=O)c4)c(OC)cc3C(=O)N2C1. The van der Waals surface area contributed by atoms with E-state index in [-0.39, 0.29) is 146 Å². The Bertz CT molecular complexity index is 3820. The van der Waals surface area contributed by atoms with Crippen LogP contribution in [0.2, 0.25) is 0 Å². The van der Waals surface area contributed by atoms with Gasteiger partial charge in [-0.3, -0.25) is 43.5 Å². The smallest absolute Gasteiger partial charge is 0.493 e. The van der Waals surface area contributed by atoms with Gasteiger partial charge in [0.2, 0.25) is 12.4 Å². The number of esters is 4. The largest absolute Gasteiger partial charge is 0.501 e. The molecule has 0 aromatic heterocycles. The number of carbonyl (C=O) groups excluding carboxylic acids is 7. The van der Waals surface area contributed by atoms with Gasteiger partial charge >= 0.3 is 34.3 Å². The molecule has 522 valence electrons. The van der Waals surface area contributed by atoms with Gasteiger partial charge in [0.1, 0.15) is 31.7 Å². The molecule has 32 nitrogen and oxygen atoms in total. The number of hydrogen-bond acceptors (Lipinski definition) is 27. The molecule has 0 unspecified atom stereocenters. The third kappa shape index (κ3) is 18.8. The summed E-state index contributed by atoms with van der Waals surface area (Å²) in [4.78, 5) is 107. The Morgan fingerprint density at radius 1 is 0.643 bits per heavy atom. The Morgan fingerprint density at radius 3 is 1.70 bits per heavy atom. The predicted molar refractivity (Wildman–Crippen MR) is 343 cm³/mol. The van der Waals surface area contributed by atoms with Crippen LogP contribution in [0.15, 0.2) is 100 Å². The molecule has 7 atom stereocenters. The Hall–Kier alpha value is -10.3. The first-order chi connectivity index (χ1) is 47.0. The minimum Gasteiger partial charge on any atom is -0.493 e. The number of ether oxygens (including phenoxy) is 13. The number of aliphatic imine (C=N–C) groups is 2. The molecule has 3 saturated heterocycles.